The molecule has 1 saturated heterocycles. The second-order valence-electron chi connectivity index (χ2n) is 5.98. The van der Waals surface area contributed by atoms with Crippen molar-refractivity contribution in [3.63, 3.8) is 0 Å². The molecule has 0 atom stereocenters. The molecule has 0 aromatic carbocycles. The maximum Gasteiger partial charge on any atom is 0.214 e. The Balaban J connectivity index is 1.63. The van der Waals surface area contributed by atoms with Crippen LogP contribution in [0.1, 0.15) is 19.3 Å². The number of nitrogens with one attached hydrogen (secondary N) is 1. The molecular weight excluding hydrogens is 304 g/mol. The van der Waals surface area contributed by atoms with Gasteiger partial charge in [0.25, 0.3) is 0 Å². The second-order valence-corrected chi connectivity index (χ2v) is 8.07. The summed E-state index contributed by atoms with van der Waals surface area (Å²) in [5.41, 5.74) is 0. The van der Waals surface area contributed by atoms with E-state index in [1.165, 1.54) is 12.8 Å². The van der Waals surface area contributed by atoms with Crippen molar-refractivity contribution in [1.29, 1.82) is 0 Å². The lowest BCUT2D eigenvalue weighted by molar-refractivity contribution is 0.115. The zero-order chi connectivity index (χ0) is 16.0. The fourth-order valence-corrected chi connectivity index (χ4v) is 3.99. The minimum absolute atomic E-state index is 0.278. The first kappa shape index (κ1) is 17.5. The fraction of sp³-hybridized carbons (Fsp3) is 0.929. The molecule has 1 aliphatic heterocycles. The van der Waals surface area contributed by atoms with E-state index in [4.69, 9.17) is 4.74 Å². The fourth-order valence-electron chi connectivity index (χ4n) is 2.46. The molecule has 0 aromatic rings. The Bertz CT molecular complexity index is 476. The van der Waals surface area contributed by atoms with Crippen LogP contribution >= 0.6 is 0 Å². The largest absolute Gasteiger partial charge is 0.379 e. The lowest BCUT2D eigenvalue weighted by Crippen LogP contribution is -2.43. The molecule has 0 bridgehead atoms. The van der Waals surface area contributed by atoms with Gasteiger partial charge in [-0.05, 0) is 25.2 Å². The van der Waals surface area contributed by atoms with Crippen molar-refractivity contribution in [3.8, 4) is 0 Å². The molecule has 8 heteroatoms. The van der Waals surface area contributed by atoms with E-state index in [0.29, 0.717) is 26.2 Å². The van der Waals surface area contributed by atoms with Gasteiger partial charge in [0.15, 0.2) is 5.96 Å². The predicted octanol–water partition coefficient (Wildman–Crippen LogP) is -0.0443. The Morgan fingerprint density at radius 1 is 1.45 bits per heavy atom. The van der Waals surface area contributed by atoms with Crippen LogP contribution in [0.2, 0.25) is 0 Å². The minimum atomic E-state index is -3.01. The number of hydrogen-bond donors (Lipinski definition) is 1. The average Bonchev–Trinajstić information content (AvgIpc) is 3.24. The van der Waals surface area contributed by atoms with Gasteiger partial charge in [-0.15, -0.1) is 0 Å². The van der Waals surface area contributed by atoms with Crippen LogP contribution in [0.15, 0.2) is 4.99 Å². The maximum absolute atomic E-state index is 11.7. The van der Waals surface area contributed by atoms with Crippen LogP contribution in [-0.2, 0) is 14.8 Å². The zero-order valence-electron chi connectivity index (χ0n) is 13.6. The first-order chi connectivity index (χ1) is 10.5. The zero-order valence-corrected chi connectivity index (χ0v) is 14.4. The Morgan fingerprint density at radius 2 is 2.23 bits per heavy atom. The summed E-state index contributed by atoms with van der Waals surface area (Å²) < 4.78 is 30.6. The van der Waals surface area contributed by atoms with Crippen LogP contribution < -0.4 is 5.32 Å². The topological polar surface area (TPSA) is 74.2 Å². The molecule has 128 valence electrons. The number of guanidine groups is 1. The minimum Gasteiger partial charge on any atom is -0.379 e. The molecule has 0 unspecified atom stereocenters. The van der Waals surface area contributed by atoms with Gasteiger partial charge in [0, 0.05) is 46.9 Å². The van der Waals surface area contributed by atoms with Gasteiger partial charge in [-0.2, -0.15) is 0 Å². The number of aliphatic imine (C=N–C) groups is 1. The Morgan fingerprint density at radius 3 is 2.82 bits per heavy atom. The molecule has 1 saturated carbocycles. The quantitative estimate of drug-likeness (QED) is 0.383. The Labute approximate surface area is 133 Å². The van der Waals surface area contributed by atoms with E-state index in [1.807, 2.05) is 11.9 Å². The SMILES string of the molecule is CN=C(NCCN1CCCS1(=O)=O)N(C)CCOCC1CC1. The van der Waals surface area contributed by atoms with E-state index in [0.717, 1.165) is 31.4 Å². The van der Waals surface area contributed by atoms with Gasteiger partial charge in [-0.1, -0.05) is 0 Å². The number of sulfonamides is 1. The molecule has 2 aliphatic rings. The van der Waals surface area contributed by atoms with Crippen molar-refractivity contribution in [1.82, 2.24) is 14.5 Å². The number of nitrogens with zero attached hydrogens (tertiary/aromatic N) is 3. The smallest absolute Gasteiger partial charge is 0.214 e. The summed E-state index contributed by atoms with van der Waals surface area (Å²) >= 11 is 0. The van der Waals surface area contributed by atoms with Gasteiger partial charge in [0.05, 0.1) is 12.4 Å². The summed E-state index contributed by atoms with van der Waals surface area (Å²) in [6, 6.07) is 0. The highest BCUT2D eigenvalue weighted by atomic mass is 32.2. The monoisotopic (exact) mass is 332 g/mol. The van der Waals surface area contributed by atoms with Gasteiger partial charge in [-0.25, -0.2) is 12.7 Å². The van der Waals surface area contributed by atoms with Crippen molar-refractivity contribution in [2.75, 3.05) is 59.2 Å². The van der Waals surface area contributed by atoms with Crippen LogP contribution in [0.4, 0.5) is 0 Å². The molecule has 0 aromatic heterocycles. The van der Waals surface area contributed by atoms with Gasteiger partial charge in [0.1, 0.15) is 0 Å². The van der Waals surface area contributed by atoms with Crippen LogP contribution in [0.5, 0.6) is 0 Å². The third-order valence-electron chi connectivity index (χ3n) is 4.04. The molecule has 1 heterocycles. The highest BCUT2D eigenvalue weighted by molar-refractivity contribution is 7.89. The molecule has 0 amide bonds. The van der Waals surface area contributed by atoms with E-state index in [-0.39, 0.29) is 5.75 Å². The van der Waals surface area contributed by atoms with Gasteiger partial charge < -0.3 is 15.0 Å². The maximum atomic E-state index is 11.7. The van der Waals surface area contributed by atoms with E-state index in [1.54, 1.807) is 11.4 Å². The van der Waals surface area contributed by atoms with E-state index < -0.39 is 10.0 Å². The first-order valence-electron chi connectivity index (χ1n) is 8.00. The van der Waals surface area contributed by atoms with Gasteiger partial charge >= 0.3 is 0 Å². The van der Waals surface area contributed by atoms with Gasteiger partial charge in [-0.3, -0.25) is 4.99 Å². The summed E-state index contributed by atoms with van der Waals surface area (Å²) in [5, 5.41) is 3.21. The Hall–Kier alpha value is -0.860. The van der Waals surface area contributed by atoms with Crippen LogP contribution in [0.3, 0.4) is 0 Å². The van der Waals surface area contributed by atoms with Crippen molar-refractivity contribution < 1.29 is 13.2 Å². The first-order valence-corrected chi connectivity index (χ1v) is 9.61. The Kier molecular flexibility index (Phi) is 6.46. The second kappa shape index (κ2) is 8.12. The highest BCUT2D eigenvalue weighted by Gasteiger charge is 2.27. The number of rotatable bonds is 8. The van der Waals surface area contributed by atoms with Crippen LogP contribution in [-0.4, -0.2) is 82.8 Å². The molecule has 0 spiro atoms. The van der Waals surface area contributed by atoms with Crippen LogP contribution in [0, 0.1) is 5.92 Å². The van der Waals surface area contributed by atoms with Crippen molar-refractivity contribution in [2.24, 2.45) is 10.9 Å². The van der Waals surface area contributed by atoms with Crippen LogP contribution in [0.25, 0.3) is 0 Å². The third-order valence-corrected chi connectivity index (χ3v) is 6.00. The molecule has 0 radical (unpaired) electrons. The summed E-state index contributed by atoms with van der Waals surface area (Å²) in [4.78, 5) is 6.23. The average molecular weight is 332 g/mol. The van der Waals surface area contributed by atoms with Crippen molar-refractivity contribution in [2.45, 2.75) is 19.3 Å². The molecule has 7 nitrogen and oxygen atoms in total. The van der Waals surface area contributed by atoms with E-state index in [2.05, 4.69) is 10.3 Å². The summed E-state index contributed by atoms with van der Waals surface area (Å²) in [7, 11) is 0.681. The van der Waals surface area contributed by atoms with E-state index >= 15 is 0 Å². The van der Waals surface area contributed by atoms with Crippen molar-refractivity contribution >= 4 is 16.0 Å². The molecule has 2 fully saturated rings. The standard InChI is InChI=1S/C14H28N4O3S/c1-15-14(17(2)9-10-21-12-13-4-5-13)16-6-8-18-7-3-11-22(18,19)20/h13H,3-12H2,1-2H3,(H,15,16). The lowest BCUT2D eigenvalue weighted by atomic mass is 10.4. The van der Waals surface area contributed by atoms with E-state index in [9.17, 15) is 8.42 Å². The third kappa shape index (κ3) is 5.40. The number of ether oxygens (including phenoxy) is 1. The number of likely N-dealkylation sites (N-methyl/N-ethyl adjacent to an activating group) is 1. The summed E-state index contributed by atoms with van der Waals surface area (Å²) in [5.74, 6) is 1.83. The molecule has 1 aliphatic carbocycles. The van der Waals surface area contributed by atoms with Crippen molar-refractivity contribution in [3.05, 3.63) is 0 Å². The van der Waals surface area contributed by atoms with Gasteiger partial charge in [0.2, 0.25) is 10.0 Å². The number of hydrogen-bond acceptors (Lipinski definition) is 4. The molecule has 1 N–H and O–H groups in total. The predicted molar refractivity (Wildman–Crippen MR) is 87.5 cm³/mol. The molecule has 2 rings (SSSR count). The highest BCUT2D eigenvalue weighted by Crippen LogP contribution is 2.28. The summed E-state index contributed by atoms with van der Waals surface area (Å²) in [6.07, 6.45) is 3.34. The summed E-state index contributed by atoms with van der Waals surface area (Å²) in [6.45, 7) is 4.02. The normalized spacial score (nSPS) is 22.0. The lowest BCUT2D eigenvalue weighted by Gasteiger charge is -2.23. The molecular formula is C14H28N4O3S. The molecule has 22 heavy (non-hydrogen) atoms.